The predicted molar refractivity (Wildman–Crippen MR) is 109 cm³/mol. The smallest absolute Gasteiger partial charge is 0.0711 e. The molecule has 0 aliphatic rings. The van der Waals surface area contributed by atoms with E-state index in [0.717, 1.165) is 19.3 Å². The Morgan fingerprint density at radius 2 is 1.00 bits per heavy atom. The molecule has 0 saturated heterocycles. The molecule has 3 heteroatoms. The topological polar surface area (TPSA) is 32.7 Å². The predicted octanol–water partition coefficient (Wildman–Crippen LogP) is 7.67. The van der Waals surface area contributed by atoms with Gasteiger partial charge in [-0.2, -0.15) is 0 Å². The number of hydroxylamine groups is 2. The largest absolute Gasteiger partial charge is 0.289 e. The van der Waals surface area contributed by atoms with E-state index in [1.807, 2.05) is 0 Å². The van der Waals surface area contributed by atoms with Gasteiger partial charge in [0.15, 0.2) is 0 Å². The van der Waals surface area contributed by atoms with E-state index in [1.165, 1.54) is 95.1 Å². The first kappa shape index (κ1) is 24.9. The van der Waals surface area contributed by atoms with Gasteiger partial charge < -0.3 is 0 Å². The van der Waals surface area contributed by atoms with Crippen LogP contribution in [0.15, 0.2) is 0 Å². The van der Waals surface area contributed by atoms with Crippen molar-refractivity contribution in [3.8, 4) is 0 Å². The molecule has 0 spiro atoms. The number of hydrogen-bond donors (Lipinski definition) is 1. The molecule has 0 bridgehead atoms. The lowest BCUT2D eigenvalue weighted by Gasteiger charge is -2.25. The van der Waals surface area contributed by atoms with Gasteiger partial charge in [0.25, 0.3) is 0 Å². The molecule has 1 N–H and O–H groups in total. The molecular weight excluding hydrogens is 310 g/mol. The molecule has 152 valence electrons. The van der Waals surface area contributed by atoms with Crippen molar-refractivity contribution >= 4 is 0 Å². The molecule has 0 saturated carbocycles. The second-order valence-electron chi connectivity index (χ2n) is 7.61. The SMILES string of the molecule is CCCCCCCCCCCC(CCCCC)N(O)OCCCCC. The monoisotopic (exact) mass is 357 g/mol. The van der Waals surface area contributed by atoms with Crippen molar-refractivity contribution in [3.63, 3.8) is 0 Å². The zero-order valence-corrected chi connectivity index (χ0v) is 17.6. The Morgan fingerprint density at radius 3 is 1.56 bits per heavy atom. The molecule has 0 fully saturated rings. The molecule has 0 rings (SSSR count). The van der Waals surface area contributed by atoms with Crippen molar-refractivity contribution in [2.75, 3.05) is 6.61 Å². The van der Waals surface area contributed by atoms with Crippen LogP contribution in [0, 0.1) is 0 Å². The molecule has 3 nitrogen and oxygen atoms in total. The zero-order chi connectivity index (χ0) is 18.6. The average Bonchev–Trinajstić information content (AvgIpc) is 2.62. The lowest BCUT2D eigenvalue weighted by Crippen LogP contribution is -2.33. The first-order valence-electron chi connectivity index (χ1n) is 11.4. The summed E-state index contributed by atoms with van der Waals surface area (Å²) in [5, 5.41) is 11.4. The summed E-state index contributed by atoms with van der Waals surface area (Å²) in [4.78, 5) is 5.56. The number of rotatable bonds is 20. The maximum Gasteiger partial charge on any atom is 0.0711 e. The third-order valence-corrected chi connectivity index (χ3v) is 5.07. The van der Waals surface area contributed by atoms with Crippen LogP contribution in [-0.2, 0) is 4.84 Å². The fraction of sp³-hybridized carbons (Fsp3) is 1.00. The Kier molecular flexibility index (Phi) is 20.1. The highest BCUT2D eigenvalue weighted by atomic mass is 16.9. The molecule has 0 aliphatic heterocycles. The summed E-state index contributed by atoms with van der Waals surface area (Å²) in [5.74, 6) is 0. The van der Waals surface area contributed by atoms with Gasteiger partial charge in [0, 0.05) is 0 Å². The van der Waals surface area contributed by atoms with E-state index in [1.54, 1.807) is 0 Å². The fourth-order valence-electron chi connectivity index (χ4n) is 3.30. The van der Waals surface area contributed by atoms with E-state index in [4.69, 9.17) is 4.84 Å². The van der Waals surface area contributed by atoms with Crippen LogP contribution in [-0.4, -0.2) is 23.1 Å². The van der Waals surface area contributed by atoms with E-state index in [-0.39, 0.29) is 6.04 Å². The van der Waals surface area contributed by atoms with E-state index in [0.29, 0.717) is 6.61 Å². The first-order valence-corrected chi connectivity index (χ1v) is 11.4. The normalized spacial score (nSPS) is 12.8. The highest BCUT2D eigenvalue weighted by Crippen LogP contribution is 2.18. The maximum absolute atomic E-state index is 10.2. The van der Waals surface area contributed by atoms with Crippen LogP contribution in [0.2, 0.25) is 0 Å². The minimum absolute atomic E-state index is 0.178. The second-order valence-corrected chi connectivity index (χ2v) is 7.61. The lowest BCUT2D eigenvalue weighted by molar-refractivity contribution is -0.364. The Labute approximate surface area is 158 Å². The summed E-state index contributed by atoms with van der Waals surface area (Å²) in [6.07, 6.45) is 21.3. The molecule has 0 aromatic carbocycles. The molecule has 0 heterocycles. The van der Waals surface area contributed by atoms with Crippen molar-refractivity contribution in [1.82, 2.24) is 5.23 Å². The van der Waals surface area contributed by atoms with Crippen molar-refractivity contribution in [2.45, 2.75) is 136 Å². The van der Waals surface area contributed by atoms with E-state index in [2.05, 4.69) is 20.8 Å². The van der Waals surface area contributed by atoms with Crippen LogP contribution in [0.3, 0.4) is 0 Å². The first-order chi connectivity index (χ1) is 12.3. The average molecular weight is 358 g/mol. The molecule has 1 unspecified atom stereocenters. The Balaban J connectivity index is 3.81. The van der Waals surface area contributed by atoms with Crippen LogP contribution in [0.5, 0.6) is 0 Å². The van der Waals surface area contributed by atoms with Gasteiger partial charge in [-0.25, -0.2) is 0 Å². The van der Waals surface area contributed by atoms with Gasteiger partial charge in [-0.15, -0.1) is 0 Å². The Hall–Kier alpha value is -0.120. The molecule has 1 atom stereocenters. The molecular formula is C22H47NO2. The Bertz CT molecular complexity index is 248. The van der Waals surface area contributed by atoms with Gasteiger partial charge in [0.1, 0.15) is 0 Å². The number of unbranched alkanes of at least 4 members (excludes halogenated alkanes) is 12. The second kappa shape index (κ2) is 20.2. The van der Waals surface area contributed by atoms with Crippen LogP contribution < -0.4 is 0 Å². The number of nitrogens with zero attached hydrogens (tertiary/aromatic N) is 1. The molecule has 0 aliphatic carbocycles. The van der Waals surface area contributed by atoms with Gasteiger partial charge in [0.05, 0.1) is 12.6 Å². The Morgan fingerprint density at radius 1 is 0.600 bits per heavy atom. The van der Waals surface area contributed by atoms with Crippen LogP contribution >= 0.6 is 0 Å². The third-order valence-electron chi connectivity index (χ3n) is 5.07. The molecule has 0 aromatic rings. The number of hydrogen-bond acceptors (Lipinski definition) is 3. The summed E-state index contributed by atoms with van der Waals surface area (Å²) in [7, 11) is 0. The summed E-state index contributed by atoms with van der Waals surface area (Å²) in [5.41, 5.74) is 0. The minimum atomic E-state index is 0.178. The maximum atomic E-state index is 10.2. The highest BCUT2D eigenvalue weighted by molar-refractivity contribution is 4.63. The van der Waals surface area contributed by atoms with Crippen molar-refractivity contribution < 1.29 is 10.0 Å². The molecule has 0 radical (unpaired) electrons. The van der Waals surface area contributed by atoms with Crippen molar-refractivity contribution in [3.05, 3.63) is 0 Å². The van der Waals surface area contributed by atoms with E-state index >= 15 is 0 Å². The van der Waals surface area contributed by atoms with Gasteiger partial charge in [-0.05, 0) is 19.3 Å². The summed E-state index contributed by atoms with van der Waals surface area (Å²) in [6.45, 7) is 7.34. The lowest BCUT2D eigenvalue weighted by atomic mass is 10.0. The van der Waals surface area contributed by atoms with Crippen LogP contribution in [0.25, 0.3) is 0 Å². The molecule has 0 amide bonds. The van der Waals surface area contributed by atoms with E-state index < -0.39 is 0 Å². The zero-order valence-electron chi connectivity index (χ0n) is 17.6. The summed E-state index contributed by atoms with van der Waals surface area (Å²) >= 11 is 0. The minimum Gasteiger partial charge on any atom is -0.289 e. The van der Waals surface area contributed by atoms with Gasteiger partial charge >= 0.3 is 0 Å². The van der Waals surface area contributed by atoms with Crippen molar-refractivity contribution in [2.24, 2.45) is 0 Å². The summed E-state index contributed by atoms with van der Waals surface area (Å²) < 4.78 is 0. The summed E-state index contributed by atoms with van der Waals surface area (Å²) in [6, 6.07) is 0.178. The van der Waals surface area contributed by atoms with Crippen LogP contribution in [0.4, 0.5) is 0 Å². The van der Waals surface area contributed by atoms with E-state index in [9.17, 15) is 5.21 Å². The molecule has 25 heavy (non-hydrogen) atoms. The highest BCUT2D eigenvalue weighted by Gasteiger charge is 2.17. The van der Waals surface area contributed by atoms with Crippen molar-refractivity contribution in [1.29, 1.82) is 0 Å². The fourth-order valence-corrected chi connectivity index (χ4v) is 3.30. The van der Waals surface area contributed by atoms with Gasteiger partial charge in [0.2, 0.25) is 0 Å². The molecule has 0 aromatic heterocycles. The van der Waals surface area contributed by atoms with Gasteiger partial charge in [-0.3, -0.25) is 10.0 Å². The third kappa shape index (κ3) is 17.1. The quantitative estimate of drug-likeness (QED) is 0.179. The van der Waals surface area contributed by atoms with Crippen LogP contribution in [0.1, 0.15) is 130 Å². The van der Waals surface area contributed by atoms with Gasteiger partial charge in [-0.1, -0.05) is 116 Å². The standard InChI is InChI=1S/C22H47NO2/c1-4-7-10-11-12-13-14-15-17-20-22(19-16-8-5-2)23(24)25-21-18-9-6-3/h22,24H,4-21H2,1-3H3.